The molecule has 0 radical (unpaired) electrons. The van der Waals surface area contributed by atoms with Gasteiger partial charge in [-0.25, -0.2) is 0 Å². The molecule has 21 heavy (non-hydrogen) atoms. The quantitative estimate of drug-likeness (QED) is 0.898. The van der Waals surface area contributed by atoms with E-state index in [1.54, 1.807) is 12.1 Å². The summed E-state index contributed by atoms with van der Waals surface area (Å²) in [5.74, 6) is 0.935. The Labute approximate surface area is 120 Å². The number of aromatic amines is 1. The molecule has 1 aromatic carbocycles. The summed E-state index contributed by atoms with van der Waals surface area (Å²) in [4.78, 5) is 26.1. The van der Waals surface area contributed by atoms with Crippen molar-refractivity contribution in [2.24, 2.45) is 0 Å². The van der Waals surface area contributed by atoms with Gasteiger partial charge in [0.25, 0.3) is 11.5 Å². The van der Waals surface area contributed by atoms with Crippen LogP contribution in [-0.2, 0) is 0 Å². The summed E-state index contributed by atoms with van der Waals surface area (Å²) in [5.41, 5.74) is 0.554. The molecule has 6 nitrogen and oxygen atoms in total. The summed E-state index contributed by atoms with van der Waals surface area (Å²) >= 11 is 0. The Kier molecular flexibility index (Phi) is 3.35. The number of amides is 1. The van der Waals surface area contributed by atoms with E-state index in [1.807, 2.05) is 19.1 Å². The van der Waals surface area contributed by atoms with Gasteiger partial charge in [-0.2, -0.15) is 0 Å². The second kappa shape index (κ2) is 5.32. The van der Waals surface area contributed by atoms with Crippen molar-refractivity contribution in [3.63, 3.8) is 0 Å². The van der Waals surface area contributed by atoms with E-state index < -0.39 is 11.5 Å². The van der Waals surface area contributed by atoms with Crippen molar-refractivity contribution in [1.29, 1.82) is 0 Å². The summed E-state index contributed by atoms with van der Waals surface area (Å²) in [7, 11) is 0. The Balaban J connectivity index is 1.77. The van der Waals surface area contributed by atoms with Crippen LogP contribution >= 0.6 is 0 Å². The van der Waals surface area contributed by atoms with E-state index >= 15 is 0 Å². The van der Waals surface area contributed by atoms with E-state index in [0.29, 0.717) is 11.5 Å². The number of H-pyrrole nitrogens is 1. The minimum atomic E-state index is -0.415. The van der Waals surface area contributed by atoms with E-state index in [0.717, 1.165) is 5.56 Å². The smallest absolute Gasteiger partial charge is 0.260 e. The molecule has 0 unspecified atom stereocenters. The average molecular weight is 286 g/mol. The van der Waals surface area contributed by atoms with Gasteiger partial charge in [-0.15, -0.1) is 0 Å². The molecule has 0 fully saturated rings. The standard InChI is InChI=1S/C15H14N2O4/c1-9(10-4-5-12-13(7-10)21-8-20-12)17-15(19)11-3-2-6-16-14(11)18/h2-7,9H,8H2,1H3,(H,16,18)(H,17,19)/t9-/m1/s1. The lowest BCUT2D eigenvalue weighted by atomic mass is 10.1. The molecule has 1 aromatic heterocycles. The van der Waals surface area contributed by atoms with Gasteiger partial charge in [-0.3, -0.25) is 9.59 Å². The molecule has 2 aromatic rings. The lowest BCUT2D eigenvalue weighted by Crippen LogP contribution is -2.31. The summed E-state index contributed by atoms with van der Waals surface area (Å²) in [6.45, 7) is 2.05. The lowest BCUT2D eigenvalue weighted by molar-refractivity contribution is 0.0938. The normalized spacial score (nSPS) is 13.8. The predicted octanol–water partition coefficient (Wildman–Crippen LogP) is 1.59. The van der Waals surface area contributed by atoms with Gasteiger partial charge >= 0.3 is 0 Å². The zero-order valence-corrected chi connectivity index (χ0v) is 11.4. The zero-order chi connectivity index (χ0) is 14.8. The van der Waals surface area contributed by atoms with Gasteiger partial charge in [-0.1, -0.05) is 6.07 Å². The number of hydrogen-bond donors (Lipinski definition) is 2. The fourth-order valence-corrected chi connectivity index (χ4v) is 2.14. The minimum absolute atomic E-state index is 0.0880. The molecule has 0 spiro atoms. The third-order valence-electron chi connectivity index (χ3n) is 3.31. The number of hydrogen-bond acceptors (Lipinski definition) is 4. The Bertz CT molecular complexity index is 738. The second-order valence-corrected chi connectivity index (χ2v) is 4.72. The fraction of sp³-hybridized carbons (Fsp3) is 0.200. The van der Waals surface area contributed by atoms with Gasteiger partial charge in [0, 0.05) is 6.20 Å². The molecule has 1 amide bonds. The first kappa shape index (κ1) is 13.2. The number of benzene rings is 1. The maximum atomic E-state index is 12.1. The fourth-order valence-electron chi connectivity index (χ4n) is 2.14. The second-order valence-electron chi connectivity index (χ2n) is 4.72. The SMILES string of the molecule is C[C@@H](NC(=O)c1ccc[nH]c1=O)c1ccc2c(c1)OCO2. The highest BCUT2D eigenvalue weighted by atomic mass is 16.7. The highest BCUT2D eigenvalue weighted by Gasteiger charge is 2.18. The van der Waals surface area contributed by atoms with Crippen molar-refractivity contribution in [3.05, 3.63) is 58.0 Å². The Hall–Kier alpha value is -2.76. The van der Waals surface area contributed by atoms with Crippen molar-refractivity contribution in [1.82, 2.24) is 10.3 Å². The molecular formula is C15H14N2O4. The number of rotatable bonds is 3. The summed E-state index contributed by atoms with van der Waals surface area (Å²) in [6, 6.07) is 8.32. The largest absolute Gasteiger partial charge is 0.454 e. The van der Waals surface area contributed by atoms with Crippen LogP contribution in [0.1, 0.15) is 28.9 Å². The Morgan fingerprint density at radius 2 is 2.10 bits per heavy atom. The zero-order valence-electron chi connectivity index (χ0n) is 11.4. The summed E-state index contributed by atoms with van der Waals surface area (Å²) < 4.78 is 10.6. The van der Waals surface area contributed by atoms with Gasteiger partial charge < -0.3 is 19.8 Å². The molecule has 1 aliphatic heterocycles. The number of ether oxygens (including phenoxy) is 2. The topological polar surface area (TPSA) is 80.4 Å². The van der Waals surface area contributed by atoms with Crippen molar-refractivity contribution in [3.8, 4) is 11.5 Å². The molecule has 0 aliphatic carbocycles. The molecule has 1 atom stereocenters. The first-order chi connectivity index (χ1) is 10.1. The highest BCUT2D eigenvalue weighted by molar-refractivity contribution is 5.94. The number of nitrogens with one attached hydrogen (secondary N) is 2. The van der Waals surface area contributed by atoms with Crippen molar-refractivity contribution in [2.45, 2.75) is 13.0 Å². The van der Waals surface area contributed by atoms with Crippen LogP contribution in [0.25, 0.3) is 0 Å². The highest BCUT2D eigenvalue weighted by Crippen LogP contribution is 2.34. The minimum Gasteiger partial charge on any atom is -0.454 e. The number of pyridine rings is 1. The maximum absolute atomic E-state index is 12.1. The number of carbonyl (C=O) groups excluding carboxylic acids is 1. The maximum Gasteiger partial charge on any atom is 0.260 e. The van der Waals surface area contributed by atoms with E-state index in [9.17, 15) is 9.59 Å². The molecule has 0 saturated heterocycles. The first-order valence-corrected chi connectivity index (χ1v) is 6.53. The van der Waals surface area contributed by atoms with E-state index in [1.165, 1.54) is 12.3 Å². The third-order valence-corrected chi connectivity index (χ3v) is 3.31. The van der Waals surface area contributed by atoms with Crippen LogP contribution in [0, 0.1) is 0 Å². The molecule has 3 rings (SSSR count). The molecular weight excluding hydrogens is 272 g/mol. The summed E-state index contributed by atoms with van der Waals surface area (Å²) in [6.07, 6.45) is 1.49. The monoisotopic (exact) mass is 286 g/mol. The number of aromatic nitrogens is 1. The van der Waals surface area contributed by atoms with Crippen molar-refractivity contribution >= 4 is 5.91 Å². The van der Waals surface area contributed by atoms with Crippen molar-refractivity contribution < 1.29 is 14.3 Å². The molecule has 0 saturated carbocycles. The van der Waals surface area contributed by atoms with Crippen LogP contribution in [0.5, 0.6) is 11.5 Å². The van der Waals surface area contributed by atoms with Gasteiger partial charge in [0.1, 0.15) is 5.56 Å². The Morgan fingerprint density at radius 3 is 2.90 bits per heavy atom. The molecule has 108 valence electrons. The summed E-state index contributed by atoms with van der Waals surface area (Å²) in [5, 5.41) is 2.79. The molecule has 2 N–H and O–H groups in total. The molecule has 1 aliphatic rings. The van der Waals surface area contributed by atoms with Gasteiger partial charge in [0.15, 0.2) is 11.5 Å². The van der Waals surface area contributed by atoms with Crippen LogP contribution in [0.3, 0.4) is 0 Å². The van der Waals surface area contributed by atoms with E-state index in [-0.39, 0.29) is 18.4 Å². The van der Waals surface area contributed by atoms with Crippen LogP contribution < -0.4 is 20.3 Å². The first-order valence-electron chi connectivity index (χ1n) is 6.53. The van der Waals surface area contributed by atoms with Gasteiger partial charge in [0.05, 0.1) is 6.04 Å². The number of carbonyl (C=O) groups is 1. The lowest BCUT2D eigenvalue weighted by Gasteiger charge is -2.14. The van der Waals surface area contributed by atoms with Crippen LogP contribution in [0.15, 0.2) is 41.3 Å². The van der Waals surface area contributed by atoms with Gasteiger partial charge in [0.2, 0.25) is 6.79 Å². The van der Waals surface area contributed by atoms with Crippen LogP contribution in [-0.4, -0.2) is 17.7 Å². The Morgan fingerprint density at radius 1 is 1.29 bits per heavy atom. The molecule has 2 heterocycles. The third kappa shape index (κ3) is 2.60. The number of fused-ring (bicyclic) bond motifs is 1. The van der Waals surface area contributed by atoms with Crippen LogP contribution in [0.2, 0.25) is 0 Å². The van der Waals surface area contributed by atoms with E-state index in [4.69, 9.17) is 9.47 Å². The van der Waals surface area contributed by atoms with Crippen molar-refractivity contribution in [2.75, 3.05) is 6.79 Å². The average Bonchev–Trinajstić information content (AvgIpc) is 2.94. The molecule has 0 bridgehead atoms. The van der Waals surface area contributed by atoms with Crippen LogP contribution in [0.4, 0.5) is 0 Å². The molecule has 6 heteroatoms. The van der Waals surface area contributed by atoms with E-state index in [2.05, 4.69) is 10.3 Å². The van der Waals surface area contributed by atoms with Gasteiger partial charge in [-0.05, 0) is 36.8 Å². The predicted molar refractivity (Wildman–Crippen MR) is 75.5 cm³/mol.